The molecular formula is C12H18N4O. The van der Waals surface area contributed by atoms with Crippen molar-refractivity contribution in [1.29, 1.82) is 5.26 Å². The van der Waals surface area contributed by atoms with E-state index >= 15 is 0 Å². The molecule has 0 fully saturated rings. The van der Waals surface area contributed by atoms with Gasteiger partial charge in [-0.1, -0.05) is 13.3 Å². The first-order valence-corrected chi connectivity index (χ1v) is 5.71. The van der Waals surface area contributed by atoms with Crippen LogP contribution in [-0.4, -0.2) is 21.7 Å². The summed E-state index contributed by atoms with van der Waals surface area (Å²) >= 11 is 0. The highest BCUT2D eigenvalue weighted by molar-refractivity contribution is 5.96. The molecule has 1 rings (SSSR count). The summed E-state index contributed by atoms with van der Waals surface area (Å²) in [5, 5.41) is 15.8. The summed E-state index contributed by atoms with van der Waals surface area (Å²) in [6, 6.07) is 1.67. The lowest BCUT2D eigenvalue weighted by molar-refractivity contribution is 0.0942. The lowest BCUT2D eigenvalue weighted by Crippen LogP contribution is -2.34. The molecule has 5 nitrogen and oxygen atoms in total. The Bertz CT molecular complexity index is 456. The van der Waals surface area contributed by atoms with Crippen LogP contribution in [0.1, 0.15) is 41.5 Å². The number of hydrogen-bond acceptors (Lipinski definition) is 3. The smallest absolute Gasteiger partial charge is 0.256 e. The molecule has 1 heterocycles. The fourth-order valence-corrected chi connectivity index (χ4v) is 1.79. The molecule has 1 unspecified atom stereocenters. The monoisotopic (exact) mass is 234 g/mol. The highest BCUT2D eigenvalue weighted by Crippen LogP contribution is 2.12. The summed E-state index contributed by atoms with van der Waals surface area (Å²) in [5.41, 5.74) is 2.08. The van der Waals surface area contributed by atoms with Gasteiger partial charge < -0.3 is 5.32 Å². The lowest BCUT2D eigenvalue weighted by Gasteiger charge is -2.10. The largest absolute Gasteiger partial charge is 0.336 e. The Balaban J connectivity index is 2.87. The second-order valence-corrected chi connectivity index (χ2v) is 4.11. The fraction of sp³-hybridized carbons (Fsp3) is 0.583. The van der Waals surface area contributed by atoms with Gasteiger partial charge in [-0.15, -0.1) is 0 Å². The van der Waals surface area contributed by atoms with E-state index in [-0.39, 0.29) is 5.91 Å². The number of amides is 1. The number of hydrogen-bond donors (Lipinski definition) is 1. The Morgan fingerprint density at radius 3 is 2.65 bits per heavy atom. The zero-order valence-corrected chi connectivity index (χ0v) is 10.7. The van der Waals surface area contributed by atoms with Crippen LogP contribution >= 0.6 is 0 Å². The molecule has 1 atom stereocenters. The maximum Gasteiger partial charge on any atom is 0.256 e. The van der Waals surface area contributed by atoms with Crippen molar-refractivity contribution in [2.45, 2.75) is 39.7 Å². The molecule has 17 heavy (non-hydrogen) atoms. The second kappa shape index (κ2) is 5.48. The molecule has 5 heteroatoms. The van der Waals surface area contributed by atoms with Gasteiger partial charge in [0.25, 0.3) is 5.91 Å². The predicted molar refractivity (Wildman–Crippen MR) is 64.5 cm³/mol. The molecule has 0 aliphatic rings. The van der Waals surface area contributed by atoms with Crippen molar-refractivity contribution in [3.63, 3.8) is 0 Å². The van der Waals surface area contributed by atoms with E-state index in [1.165, 1.54) is 0 Å². The number of carbonyl (C=O) groups excluding carboxylic acids is 1. The highest BCUT2D eigenvalue weighted by atomic mass is 16.1. The van der Waals surface area contributed by atoms with Gasteiger partial charge in [-0.3, -0.25) is 9.48 Å². The average Bonchev–Trinajstić information content (AvgIpc) is 2.52. The summed E-state index contributed by atoms with van der Waals surface area (Å²) in [6.45, 7) is 5.62. The third-order valence-corrected chi connectivity index (χ3v) is 2.77. The van der Waals surface area contributed by atoms with E-state index in [0.29, 0.717) is 17.7 Å². The molecule has 0 spiro atoms. The standard InChI is InChI=1S/C12H18N4O/c1-5-6-10(7-13)14-12(17)11-8(2)15-16(4)9(11)3/h10H,5-6H2,1-4H3,(H,14,17). The minimum absolute atomic E-state index is 0.215. The molecule has 1 aromatic heterocycles. The van der Waals surface area contributed by atoms with Crippen molar-refractivity contribution >= 4 is 5.91 Å². The van der Waals surface area contributed by atoms with Gasteiger partial charge in [0.1, 0.15) is 6.04 Å². The van der Waals surface area contributed by atoms with Crippen LogP contribution in [0.15, 0.2) is 0 Å². The molecule has 1 amide bonds. The third-order valence-electron chi connectivity index (χ3n) is 2.77. The molecule has 0 saturated heterocycles. The number of rotatable bonds is 4. The van der Waals surface area contributed by atoms with Crippen LogP contribution in [0.5, 0.6) is 0 Å². The summed E-state index contributed by atoms with van der Waals surface area (Å²) in [6.07, 6.45) is 1.53. The Morgan fingerprint density at radius 1 is 1.59 bits per heavy atom. The van der Waals surface area contributed by atoms with Gasteiger partial charge in [-0.2, -0.15) is 10.4 Å². The Labute approximate surface area is 101 Å². The van der Waals surface area contributed by atoms with Crippen LogP contribution < -0.4 is 5.32 Å². The van der Waals surface area contributed by atoms with Crippen molar-refractivity contribution < 1.29 is 4.79 Å². The second-order valence-electron chi connectivity index (χ2n) is 4.11. The zero-order chi connectivity index (χ0) is 13.0. The van der Waals surface area contributed by atoms with Gasteiger partial charge in [0, 0.05) is 12.7 Å². The van der Waals surface area contributed by atoms with E-state index < -0.39 is 6.04 Å². The molecule has 0 radical (unpaired) electrons. The van der Waals surface area contributed by atoms with Gasteiger partial charge in [0.05, 0.1) is 17.3 Å². The molecule has 0 aliphatic carbocycles. The van der Waals surface area contributed by atoms with Crippen LogP contribution in [0.25, 0.3) is 0 Å². The number of nitrogens with zero attached hydrogens (tertiary/aromatic N) is 3. The van der Waals surface area contributed by atoms with Crippen LogP contribution in [-0.2, 0) is 7.05 Å². The summed E-state index contributed by atoms with van der Waals surface area (Å²) in [4.78, 5) is 12.0. The zero-order valence-electron chi connectivity index (χ0n) is 10.7. The predicted octanol–water partition coefficient (Wildman–Crippen LogP) is 1.46. The van der Waals surface area contributed by atoms with Gasteiger partial charge in [-0.05, 0) is 20.3 Å². The molecule has 0 bridgehead atoms. The van der Waals surface area contributed by atoms with Crippen molar-refractivity contribution in [3.05, 3.63) is 17.0 Å². The van der Waals surface area contributed by atoms with Crippen LogP contribution in [0.4, 0.5) is 0 Å². The fourth-order valence-electron chi connectivity index (χ4n) is 1.79. The molecule has 1 N–H and O–H groups in total. The van der Waals surface area contributed by atoms with E-state index in [1.54, 1.807) is 18.7 Å². The number of aromatic nitrogens is 2. The summed E-state index contributed by atoms with van der Waals surface area (Å²) < 4.78 is 1.67. The SMILES string of the molecule is CCCC(C#N)NC(=O)c1c(C)nn(C)c1C. The topological polar surface area (TPSA) is 70.7 Å². The van der Waals surface area contributed by atoms with E-state index in [0.717, 1.165) is 12.1 Å². The quantitative estimate of drug-likeness (QED) is 0.857. The summed E-state index contributed by atoms with van der Waals surface area (Å²) in [5.74, 6) is -0.215. The number of nitriles is 1. The van der Waals surface area contributed by atoms with Crippen molar-refractivity contribution in [1.82, 2.24) is 15.1 Å². The lowest BCUT2D eigenvalue weighted by atomic mass is 10.1. The van der Waals surface area contributed by atoms with Crippen molar-refractivity contribution in [2.24, 2.45) is 7.05 Å². The van der Waals surface area contributed by atoms with Crippen LogP contribution in [0.2, 0.25) is 0 Å². The maximum absolute atomic E-state index is 12.0. The van der Waals surface area contributed by atoms with Crippen LogP contribution in [0, 0.1) is 25.2 Å². The van der Waals surface area contributed by atoms with Gasteiger partial charge in [-0.25, -0.2) is 0 Å². The Hall–Kier alpha value is -1.83. The van der Waals surface area contributed by atoms with Crippen molar-refractivity contribution in [3.8, 4) is 6.07 Å². The Kier molecular flexibility index (Phi) is 4.27. The Morgan fingerprint density at radius 2 is 2.24 bits per heavy atom. The minimum atomic E-state index is -0.425. The molecule has 0 aliphatic heterocycles. The molecule has 0 saturated carbocycles. The first-order valence-electron chi connectivity index (χ1n) is 5.71. The maximum atomic E-state index is 12.0. The molecule has 92 valence electrons. The molecule has 0 aromatic carbocycles. The minimum Gasteiger partial charge on any atom is -0.336 e. The number of nitrogens with one attached hydrogen (secondary N) is 1. The van der Waals surface area contributed by atoms with E-state index in [4.69, 9.17) is 5.26 Å². The molecular weight excluding hydrogens is 216 g/mol. The van der Waals surface area contributed by atoms with Gasteiger partial charge in [0.2, 0.25) is 0 Å². The normalized spacial score (nSPS) is 11.9. The van der Waals surface area contributed by atoms with E-state index in [1.807, 2.05) is 13.8 Å². The number of aryl methyl sites for hydroxylation is 2. The summed E-state index contributed by atoms with van der Waals surface area (Å²) in [7, 11) is 1.80. The number of carbonyl (C=O) groups is 1. The third kappa shape index (κ3) is 2.84. The van der Waals surface area contributed by atoms with E-state index in [2.05, 4.69) is 16.5 Å². The average molecular weight is 234 g/mol. The first-order chi connectivity index (χ1) is 8.01. The first kappa shape index (κ1) is 13.2. The van der Waals surface area contributed by atoms with Gasteiger partial charge in [0.15, 0.2) is 0 Å². The van der Waals surface area contributed by atoms with Crippen molar-refractivity contribution in [2.75, 3.05) is 0 Å². The molecule has 1 aromatic rings. The van der Waals surface area contributed by atoms with Crippen LogP contribution in [0.3, 0.4) is 0 Å². The van der Waals surface area contributed by atoms with Gasteiger partial charge >= 0.3 is 0 Å². The highest BCUT2D eigenvalue weighted by Gasteiger charge is 2.19. The van der Waals surface area contributed by atoms with E-state index in [9.17, 15) is 4.79 Å².